The Morgan fingerprint density at radius 1 is 1.28 bits per heavy atom. The topological polar surface area (TPSA) is 29.9 Å². The molecule has 1 aromatic carbocycles. The molecule has 1 heterocycles. The van der Waals surface area contributed by atoms with Gasteiger partial charge < -0.3 is 9.88 Å². The molecule has 0 saturated carbocycles. The Balaban J connectivity index is 2.15. The number of hydrogen-bond donors (Lipinski definition) is 1. The largest absolute Gasteiger partial charge is 0.327 e. The molecule has 1 aromatic heterocycles. The molecule has 1 unspecified atom stereocenters. The average molecular weight is 245 g/mol. The number of hydrogen-bond acceptors (Lipinski definition) is 2. The fraction of sp³-hybridized carbons (Fsp3) is 0.533. The summed E-state index contributed by atoms with van der Waals surface area (Å²) in [4.78, 5) is 4.68. The van der Waals surface area contributed by atoms with Gasteiger partial charge in [-0.25, -0.2) is 4.98 Å². The molecule has 0 fully saturated rings. The van der Waals surface area contributed by atoms with E-state index in [9.17, 15) is 0 Å². The van der Waals surface area contributed by atoms with Crippen LogP contribution in [-0.4, -0.2) is 22.1 Å². The predicted octanol–water partition coefficient (Wildman–Crippen LogP) is 2.99. The van der Waals surface area contributed by atoms with Crippen molar-refractivity contribution in [3.05, 3.63) is 30.1 Å². The zero-order chi connectivity index (χ0) is 13.0. The van der Waals surface area contributed by atoms with Crippen LogP contribution < -0.4 is 5.32 Å². The smallest absolute Gasteiger partial charge is 0.109 e. The van der Waals surface area contributed by atoms with Crippen LogP contribution in [0.5, 0.6) is 0 Å². The van der Waals surface area contributed by atoms with Crippen molar-refractivity contribution in [2.45, 2.75) is 46.2 Å². The Bertz CT molecular complexity index is 501. The fourth-order valence-electron chi connectivity index (χ4n) is 2.21. The number of nitrogens with one attached hydrogen (secondary N) is 1. The number of aromatic nitrogens is 2. The van der Waals surface area contributed by atoms with Gasteiger partial charge in [0.05, 0.1) is 11.0 Å². The summed E-state index contributed by atoms with van der Waals surface area (Å²) >= 11 is 0. The van der Waals surface area contributed by atoms with Gasteiger partial charge in [0.2, 0.25) is 0 Å². The lowest BCUT2D eigenvalue weighted by atomic mass is 10.2. The van der Waals surface area contributed by atoms with Crippen molar-refractivity contribution in [2.24, 2.45) is 0 Å². The molecule has 0 bridgehead atoms. The van der Waals surface area contributed by atoms with Gasteiger partial charge in [0.25, 0.3) is 0 Å². The van der Waals surface area contributed by atoms with Gasteiger partial charge in [0, 0.05) is 25.6 Å². The standard InChI is InChI=1S/C15H23N3/c1-4-12(3)16-10-11-18-14-9-7-6-8-13(14)17-15(18)5-2/h6-9,12,16H,4-5,10-11H2,1-3H3. The summed E-state index contributed by atoms with van der Waals surface area (Å²) < 4.78 is 2.34. The highest BCUT2D eigenvalue weighted by Gasteiger charge is 2.08. The summed E-state index contributed by atoms with van der Waals surface area (Å²) in [7, 11) is 0. The van der Waals surface area contributed by atoms with Crippen LogP contribution >= 0.6 is 0 Å². The van der Waals surface area contributed by atoms with Crippen LogP contribution in [0.2, 0.25) is 0 Å². The Morgan fingerprint density at radius 2 is 2.06 bits per heavy atom. The molecule has 98 valence electrons. The van der Waals surface area contributed by atoms with Crippen molar-refractivity contribution in [1.29, 1.82) is 0 Å². The minimum Gasteiger partial charge on any atom is -0.327 e. The Kier molecular flexibility index (Phi) is 4.37. The minimum absolute atomic E-state index is 0.588. The molecule has 0 aliphatic heterocycles. The molecule has 0 spiro atoms. The molecule has 1 N–H and O–H groups in total. The molecule has 2 rings (SSSR count). The van der Waals surface area contributed by atoms with Crippen LogP contribution in [0.1, 0.15) is 33.0 Å². The molecule has 18 heavy (non-hydrogen) atoms. The van der Waals surface area contributed by atoms with E-state index in [1.165, 1.54) is 17.8 Å². The van der Waals surface area contributed by atoms with Gasteiger partial charge in [-0.1, -0.05) is 26.0 Å². The van der Waals surface area contributed by atoms with Crippen molar-refractivity contribution in [2.75, 3.05) is 6.54 Å². The van der Waals surface area contributed by atoms with E-state index in [1.807, 2.05) is 0 Å². The molecule has 1 atom stereocenters. The fourth-order valence-corrected chi connectivity index (χ4v) is 2.21. The van der Waals surface area contributed by atoms with Gasteiger partial charge in [-0.05, 0) is 25.5 Å². The first kappa shape index (κ1) is 13.1. The monoisotopic (exact) mass is 245 g/mol. The molecule has 0 aliphatic rings. The highest BCUT2D eigenvalue weighted by Crippen LogP contribution is 2.15. The molecule has 3 heteroatoms. The Morgan fingerprint density at radius 3 is 2.78 bits per heavy atom. The molecule has 3 nitrogen and oxygen atoms in total. The first-order valence-electron chi connectivity index (χ1n) is 6.93. The molecular formula is C15H23N3. The highest BCUT2D eigenvalue weighted by molar-refractivity contribution is 5.75. The van der Waals surface area contributed by atoms with Crippen LogP contribution in [0, 0.1) is 0 Å². The van der Waals surface area contributed by atoms with Gasteiger partial charge >= 0.3 is 0 Å². The summed E-state index contributed by atoms with van der Waals surface area (Å²) in [5.41, 5.74) is 2.36. The lowest BCUT2D eigenvalue weighted by Gasteiger charge is -2.13. The number of imidazole rings is 1. The number of aryl methyl sites for hydroxylation is 1. The molecule has 0 aliphatic carbocycles. The second-order valence-corrected chi connectivity index (χ2v) is 4.79. The van der Waals surface area contributed by atoms with E-state index >= 15 is 0 Å². The lowest BCUT2D eigenvalue weighted by molar-refractivity contribution is 0.503. The van der Waals surface area contributed by atoms with Crippen molar-refractivity contribution >= 4 is 11.0 Å². The first-order valence-corrected chi connectivity index (χ1v) is 6.93. The lowest BCUT2D eigenvalue weighted by Crippen LogP contribution is -2.29. The van der Waals surface area contributed by atoms with Crippen LogP contribution in [-0.2, 0) is 13.0 Å². The normalized spacial score (nSPS) is 13.1. The number of para-hydroxylation sites is 2. The number of rotatable bonds is 6. The van der Waals surface area contributed by atoms with E-state index in [4.69, 9.17) is 0 Å². The van der Waals surface area contributed by atoms with Gasteiger partial charge in [-0.2, -0.15) is 0 Å². The van der Waals surface area contributed by atoms with E-state index in [0.717, 1.165) is 25.0 Å². The minimum atomic E-state index is 0.588. The van der Waals surface area contributed by atoms with Crippen LogP contribution in [0.25, 0.3) is 11.0 Å². The maximum Gasteiger partial charge on any atom is 0.109 e. The van der Waals surface area contributed by atoms with Gasteiger partial charge in [0.15, 0.2) is 0 Å². The third kappa shape index (κ3) is 2.72. The third-order valence-electron chi connectivity index (χ3n) is 3.49. The average Bonchev–Trinajstić information content (AvgIpc) is 2.77. The van der Waals surface area contributed by atoms with Crippen LogP contribution in [0.3, 0.4) is 0 Å². The molecule has 0 radical (unpaired) electrons. The first-order chi connectivity index (χ1) is 8.76. The molecular weight excluding hydrogens is 222 g/mol. The third-order valence-corrected chi connectivity index (χ3v) is 3.49. The summed E-state index contributed by atoms with van der Waals surface area (Å²) in [6.07, 6.45) is 2.16. The van der Waals surface area contributed by atoms with E-state index in [0.29, 0.717) is 6.04 Å². The van der Waals surface area contributed by atoms with E-state index in [2.05, 4.69) is 59.9 Å². The summed E-state index contributed by atoms with van der Waals surface area (Å²) in [5.74, 6) is 1.18. The second-order valence-electron chi connectivity index (χ2n) is 4.79. The number of benzene rings is 1. The molecule has 0 amide bonds. The van der Waals surface area contributed by atoms with Crippen molar-refractivity contribution in [3.63, 3.8) is 0 Å². The maximum atomic E-state index is 4.68. The van der Waals surface area contributed by atoms with E-state index in [1.54, 1.807) is 0 Å². The molecule has 0 saturated heterocycles. The van der Waals surface area contributed by atoms with Gasteiger partial charge in [0.1, 0.15) is 5.82 Å². The summed E-state index contributed by atoms with van der Waals surface area (Å²) in [5, 5.41) is 3.54. The van der Waals surface area contributed by atoms with Crippen LogP contribution in [0.4, 0.5) is 0 Å². The van der Waals surface area contributed by atoms with Crippen molar-refractivity contribution in [1.82, 2.24) is 14.9 Å². The van der Waals surface area contributed by atoms with Gasteiger partial charge in [-0.3, -0.25) is 0 Å². The van der Waals surface area contributed by atoms with Crippen molar-refractivity contribution in [3.8, 4) is 0 Å². The summed E-state index contributed by atoms with van der Waals surface area (Å²) in [6, 6.07) is 8.97. The Labute approximate surface area is 109 Å². The quantitative estimate of drug-likeness (QED) is 0.848. The zero-order valence-electron chi connectivity index (χ0n) is 11.6. The number of nitrogens with zero attached hydrogens (tertiary/aromatic N) is 2. The van der Waals surface area contributed by atoms with E-state index < -0.39 is 0 Å². The summed E-state index contributed by atoms with van der Waals surface area (Å²) in [6.45, 7) is 8.60. The van der Waals surface area contributed by atoms with Crippen LogP contribution in [0.15, 0.2) is 24.3 Å². The van der Waals surface area contributed by atoms with Gasteiger partial charge in [-0.15, -0.1) is 0 Å². The Hall–Kier alpha value is -1.35. The number of fused-ring (bicyclic) bond motifs is 1. The SMILES string of the molecule is CCc1nc2ccccc2n1CCNC(C)CC. The zero-order valence-corrected chi connectivity index (χ0v) is 11.6. The predicted molar refractivity (Wildman–Crippen MR) is 76.9 cm³/mol. The van der Waals surface area contributed by atoms with Crippen molar-refractivity contribution < 1.29 is 0 Å². The maximum absolute atomic E-state index is 4.68. The van der Waals surface area contributed by atoms with E-state index in [-0.39, 0.29) is 0 Å². The molecule has 2 aromatic rings. The second kappa shape index (κ2) is 6.01. The highest BCUT2D eigenvalue weighted by atomic mass is 15.1.